The molecule has 0 radical (unpaired) electrons. The van der Waals surface area contributed by atoms with Crippen LogP contribution >= 0.6 is 10.7 Å². The largest absolute Gasteiger partial charge is 0.303 e. The van der Waals surface area contributed by atoms with Gasteiger partial charge < -0.3 is 4.90 Å². The maximum absolute atomic E-state index is 10.7. The third-order valence-corrected chi connectivity index (χ3v) is 4.09. The van der Waals surface area contributed by atoms with E-state index in [9.17, 15) is 8.42 Å². The highest BCUT2D eigenvalue weighted by molar-refractivity contribution is 8.13. The molecule has 3 nitrogen and oxygen atoms in total. The molecule has 14 heavy (non-hydrogen) atoms. The normalized spacial score (nSPS) is 19.4. The van der Waals surface area contributed by atoms with Gasteiger partial charge in [-0.05, 0) is 32.9 Å². The van der Waals surface area contributed by atoms with Crippen molar-refractivity contribution in [3.63, 3.8) is 0 Å². The van der Waals surface area contributed by atoms with Gasteiger partial charge in [0.15, 0.2) is 0 Å². The van der Waals surface area contributed by atoms with Crippen LogP contribution in [0, 0.1) is 0 Å². The minimum Gasteiger partial charge on any atom is -0.303 e. The summed E-state index contributed by atoms with van der Waals surface area (Å²) in [6.07, 6.45) is 5.76. The molecule has 0 aromatic carbocycles. The average molecular weight is 240 g/mol. The van der Waals surface area contributed by atoms with Crippen LogP contribution in [-0.4, -0.2) is 38.7 Å². The van der Waals surface area contributed by atoms with Gasteiger partial charge in [0.05, 0.1) is 5.75 Å². The Balaban J connectivity index is 2.17. The summed E-state index contributed by atoms with van der Waals surface area (Å²) in [5, 5.41) is 0. The zero-order valence-corrected chi connectivity index (χ0v) is 10.1. The van der Waals surface area contributed by atoms with E-state index in [4.69, 9.17) is 10.7 Å². The van der Waals surface area contributed by atoms with Crippen molar-refractivity contribution in [2.45, 2.75) is 38.1 Å². The first-order valence-corrected chi connectivity index (χ1v) is 7.59. The summed E-state index contributed by atoms with van der Waals surface area (Å²) in [6.45, 7) is 0.830. The molecule has 0 aromatic rings. The van der Waals surface area contributed by atoms with E-state index in [1.807, 2.05) is 0 Å². The molecular formula is C9H18ClNO2S. The molecule has 0 saturated heterocycles. The second kappa shape index (κ2) is 5.33. The molecule has 0 aliphatic heterocycles. The third-order valence-electron chi connectivity index (χ3n) is 2.85. The molecule has 5 heteroatoms. The van der Waals surface area contributed by atoms with Gasteiger partial charge in [-0.2, -0.15) is 0 Å². The molecule has 0 unspecified atom stereocenters. The molecular weight excluding hydrogens is 222 g/mol. The van der Waals surface area contributed by atoms with E-state index in [0.29, 0.717) is 12.5 Å². The zero-order valence-electron chi connectivity index (χ0n) is 8.58. The molecule has 1 aliphatic rings. The molecule has 0 aromatic heterocycles. The number of hydrogen-bond donors (Lipinski definition) is 0. The van der Waals surface area contributed by atoms with E-state index in [2.05, 4.69) is 11.9 Å². The fourth-order valence-electron chi connectivity index (χ4n) is 2.01. The predicted molar refractivity (Wildman–Crippen MR) is 59.1 cm³/mol. The predicted octanol–water partition coefficient (Wildman–Crippen LogP) is 1.82. The number of rotatable bonds is 5. The summed E-state index contributed by atoms with van der Waals surface area (Å²) >= 11 is 0. The first-order valence-electron chi connectivity index (χ1n) is 5.11. The first kappa shape index (κ1) is 12.3. The Labute approximate surface area is 90.8 Å². The van der Waals surface area contributed by atoms with Crippen LogP contribution in [-0.2, 0) is 9.05 Å². The van der Waals surface area contributed by atoms with Crippen molar-refractivity contribution < 1.29 is 8.42 Å². The van der Waals surface area contributed by atoms with Crippen molar-refractivity contribution in [3.05, 3.63) is 0 Å². The van der Waals surface area contributed by atoms with Gasteiger partial charge in [-0.25, -0.2) is 8.42 Å². The Morgan fingerprint density at radius 1 is 1.36 bits per heavy atom. The molecule has 1 aliphatic carbocycles. The van der Waals surface area contributed by atoms with Crippen LogP contribution in [0.1, 0.15) is 32.1 Å². The smallest absolute Gasteiger partial charge is 0.232 e. The lowest BCUT2D eigenvalue weighted by Crippen LogP contribution is -2.30. The number of nitrogens with zero attached hydrogens (tertiary/aromatic N) is 1. The first-order chi connectivity index (χ1) is 6.49. The molecule has 1 fully saturated rings. The second-order valence-corrected chi connectivity index (χ2v) is 6.91. The summed E-state index contributed by atoms with van der Waals surface area (Å²) in [6, 6.07) is 0.660. The fourth-order valence-corrected chi connectivity index (χ4v) is 2.82. The van der Waals surface area contributed by atoms with Crippen LogP contribution in [0.15, 0.2) is 0 Å². The Hall–Kier alpha value is 0.200. The van der Waals surface area contributed by atoms with Crippen molar-refractivity contribution in [1.29, 1.82) is 0 Å². The molecule has 1 rings (SSSR count). The van der Waals surface area contributed by atoms with Crippen LogP contribution in [0.2, 0.25) is 0 Å². The highest BCUT2D eigenvalue weighted by Crippen LogP contribution is 2.22. The molecule has 0 bridgehead atoms. The summed E-state index contributed by atoms with van der Waals surface area (Å²) in [7, 11) is 3.90. The van der Waals surface area contributed by atoms with Gasteiger partial charge in [-0.1, -0.05) is 12.8 Å². The standard InChI is InChI=1S/C9H18ClNO2S/c1-11(9-5-2-3-6-9)7-4-8-14(10,12)13/h9H,2-8H2,1H3. The van der Waals surface area contributed by atoms with Crippen LogP contribution in [0.4, 0.5) is 0 Å². The molecule has 0 atom stereocenters. The monoisotopic (exact) mass is 239 g/mol. The van der Waals surface area contributed by atoms with Crippen LogP contribution < -0.4 is 0 Å². The zero-order chi connectivity index (χ0) is 10.6. The molecule has 0 heterocycles. The maximum Gasteiger partial charge on any atom is 0.232 e. The molecule has 1 saturated carbocycles. The van der Waals surface area contributed by atoms with Gasteiger partial charge in [0, 0.05) is 16.7 Å². The highest BCUT2D eigenvalue weighted by Gasteiger charge is 2.19. The van der Waals surface area contributed by atoms with E-state index in [0.717, 1.165) is 6.54 Å². The second-order valence-electron chi connectivity index (χ2n) is 4.02. The van der Waals surface area contributed by atoms with Gasteiger partial charge in [0.2, 0.25) is 9.05 Å². The quantitative estimate of drug-likeness (QED) is 0.687. The van der Waals surface area contributed by atoms with Crippen molar-refractivity contribution in [2.75, 3.05) is 19.3 Å². The summed E-state index contributed by atoms with van der Waals surface area (Å²) in [4.78, 5) is 2.26. The third kappa shape index (κ3) is 4.62. The van der Waals surface area contributed by atoms with Crippen LogP contribution in [0.25, 0.3) is 0 Å². The van der Waals surface area contributed by atoms with Gasteiger partial charge >= 0.3 is 0 Å². The highest BCUT2D eigenvalue weighted by atomic mass is 35.7. The minimum atomic E-state index is -3.30. The molecule has 0 amide bonds. The van der Waals surface area contributed by atoms with Crippen molar-refractivity contribution in [1.82, 2.24) is 4.90 Å². The molecule has 0 N–H and O–H groups in total. The molecule has 0 spiro atoms. The van der Waals surface area contributed by atoms with E-state index < -0.39 is 9.05 Å². The van der Waals surface area contributed by atoms with Gasteiger partial charge in [-0.3, -0.25) is 0 Å². The fraction of sp³-hybridized carbons (Fsp3) is 1.00. The van der Waals surface area contributed by atoms with Crippen molar-refractivity contribution >= 4 is 19.7 Å². The minimum absolute atomic E-state index is 0.0889. The van der Waals surface area contributed by atoms with Gasteiger partial charge in [0.25, 0.3) is 0 Å². The Morgan fingerprint density at radius 3 is 2.43 bits per heavy atom. The van der Waals surface area contributed by atoms with Crippen molar-refractivity contribution in [2.24, 2.45) is 0 Å². The maximum atomic E-state index is 10.7. The lowest BCUT2D eigenvalue weighted by molar-refractivity contribution is 0.246. The Morgan fingerprint density at radius 2 is 1.93 bits per heavy atom. The lowest BCUT2D eigenvalue weighted by atomic mass is 10.2. The van der Waals surface area contributed by atoms with Gasteiger partial charge in [-0.15, -0.1) is 0 Å². The van der Waals surface area contributed by atoms with E-state index >= 15 is 0 Å². The number of halogens is 1. The van der Waals surface area contributed by atoms with E-state index in [-0.39, 0.29) is 5.75 Å². The lowest BCUT2D eigenvalue weighted by Gasteiger charge is -2.23. The molecule has 84 valence electrons. The van der Waals surface area contributed by atoms with Crippen LogP contribution in [0.5, 0.6) is 0 Å². The van der Waals surface area contributed by atoms with Crippen molar-refractivity contribution in [3.8, 4) is 0 Å². The van der Waals surface area contributed by atoms with E-state index in [1.54, 1.807) is 0 Å². The SMILES string of the molecule is CN(CCCS(=O)(=O)Cl)C1CCCC1. The summed E-state index contributed by atoms with van der Waals surface area (Å²) in [5.74, 6) is 0.0889. The summed E-state index contributed by atoms with van der Waals surface area (Å²) < 4.78 is 21.4. The summed E-state index contributed by atoms with van der Waals surface area (Å²) in [5.41, 5.74) is 0. The average Bonchev–Trinajstić information content (AvgIpc) is 2.53. The number of hydrogen-bond acceptors (Lipinski definition) is 3. The Kier molecular flexibility index (Phi) is 4.67. The van der Waals surface area contributed by atoms with Gasteiger partial charge in [0.1, 0.15) is 0 Å². The topological polar surface area (TPSA) is 37.4 Å². The Bertz CT molecular complexity index is 260. The van der Waals surface area contributed by atoms with Crippen LogP contribution in [0.3, 0.4) is 0 Å². The van der Waals surface area contributed by atoms with E-state index in [1.165, 1.54) is 25.7 Å².